The zero-order chi connectivity index (χ0) is 14.8. The van der Waals surface area contributed by atoms with Crippen LogP contribution in [0.15, 0.2) is 0 Å². The number of nitrogens with zero attached hydrogens (tertiary/aromatic N) is 4. The Kier molecular flexibility index (Phi) is 4.60. The van der Waals surface area contributed by atoms with Gasteiger partial charge in [0.15, 0.2) is 0 Å². The molecular formula is C16H28N4O. The number of hydrogen-bond donors (Lipinski definition) is 1. The van der Waals surface area contributed by atoms with E-state index in [4.69, 9.17) is 0 Å². The normalized spacial score (nSPS) is 27.0. The summed E-state index contributed by atoms with van der Waals surface area (Å²) in [5.41, 5.74) is 0. The molecule has 1 saturated heterocycles. The van der Waals surface area contributed by atoms with Crippen molar-refractivity contribution >= 4 is 0 Å². The highest BCUT2D eigenvalue weighted by Gasteiger charge is 2.28. The van der Waals surface area contributed by atoms with E-state index in [0.717, 1.165) is 37.3 Å². The maximum Gasteiger partial charge on any atom is 0.133 e. The minimum atomic E-state index is 0.198. The van der Waals surface area contributed by atoms with Crippen molar-refractivity contribution in [2.24, 2.45) is 5.92 Å². The predicted molar refractivity (Wildman–Crippen MR) is 82.2 cm³/mol. The lowest BCUT2D eigenvalue weighted by Gasteiger charge is -2.35. The summed E-state index contributed by atoms with van der Waals surface area (Å²) in [7, 11) is 0. The summed E-state index contributed by atoms with van der Waals surface area (Å²) in [5, 5.41) is 18.4. The van der Waals surface area contributed by atoms with E-state index in [2.05, 4.69) is 33.5 Å². The van der Waals surface area contributed by atoms with Crippen molar-refractivity contribution in [3.05, 3.63) is 11.6 Å². The summed E-state index contributed by atoms with van der Waals surface area (Å²) >= 11 is 0. The zero-order valence-corrected chi connectivity index (χ0v) is 13.3. The molecule has 2 atom stereocenters. The molecule has 0 aliphatic carbocycles. The largest absolute Gasteiger partial charge is 0.394 e. The third kappa shape index (κ3) is 3.14. The minimum Gasteiger partial charge on any atom is -0.394 e. The molecule has 0 radical (unpaired) electrons. The van der Waals surface area contributed by atoms with E-state index in [1.165, 1.54) is 25.9 Å². The van der Waals surface area contributed by atoms with Crippen LogP contribution in [0.2, 0.25) is 0 Å². The first-order chi connectivity index (χ1) is 10.2. The number of piperidine rings is 1. The monoisotopic (exact) mass is 292 g/mol. The number of aliphatic hydroxyl groups is 1. The van der Waals surface area contributed by atoms with Crippen LogP contribution in [0.4, 0.5) is 0 Å². The van der Waals surface area contributed by atoms with Crippen molar-refractivity contribution < 1.29 is 5.11 Å². The van der Waals surface area contributed by atoms with Crippen LogP contribution in [0.3, 0.4) is 0 Å². The summed E-state index contributed by atoms with van der Waals surface area (Å²) in [6, 6.07) is 0.828. The van der Waals surface area contributed by atoms with Gasteiger partial charge in [-0.05, 0) is 52.0 Å². The van der Waals surface area contributed by atoms with Gasteiger partial charge in [-0.1, -0.05) is 0 Å². The fourth-order valence-corrected chi connectivity index (χ4v) is 3.88. The van der Waals surface area contributed by atoms with Crippen molar-refractivity contribution in [1.82, 2.24) is 19.7 Å². The molecule has 3 heterocycles. The first-order valence-electron chi connectivity index (χ1n) is 8.46. The van der Waals surface area contributed by atoms with Crippen LogP contribution in [-0.4, -0.2) is 50.5 Å². The molecule has 118 valence electrons. The molecule has 0 aromatic carbocycles. The first kappa shape index (κ1) is 15.0. The van der Waals surface area contributed by atoms with Crippen LogP contribution in [0.25, 0.3) is 0 Å². The molecule has 21 heavy (non-hydrogen) atoms. The standard InChI is InChI=1S/C16H28N4O/c1-12(2)19-8-4-5-13(10-19)9-16-18-17-15-7-3-6-14(11-21)20(15)16/h12-14,21H,3-11H2,1-2H3. The average molecular weight is 292 g/mol. The van der Waals surface area contributed by atoms with Crippen LogP contribution < -0.4 is 0 Å². The van der Waals surface area contributed by atoms with Crippen LogP contribution >= 0.6 is 0 Å². The third-order valence-electron chi connectivity index (χ3n) is 5.10. The Morgan fingerprint density at radius 3 is 2.86 bits per heavy atom. The Labute approximate surface area is 127 Å². The molecule has 5 nitrogen and oxygen atoms in total. The van der Waals surface area contributed by atoms with Gasteiger partial charge < -0.3 is 14.6 Å². The highest BCUT2D eigenvalue weighted by molar-refractivity contribution is 5.04. The molecule has 3 rings (SSSR count). The van der Waals surface area contributed by atoms with Gasteiger partial charge in [-0.2, -0.15) is 0 Å². The first-order valence-corrected chi connectivity index (χ1v) is 8.46. The third-order valence-corrected chi connectivity index (χ3v) is 5.10. The number of likely N-dealkylation sites (tertiary alicyclic amines) is 1. The Balaban J connectivity index is 1.72. The number of aromatic nitrogens is 3. The van der Waals surface area contributed by atoms with Crippen LogP contribution in [-0.2, 0) is 12.8 Å². The van der Waals surface area contributed by atoms with E-state index in [0.29, 0.717) is 12.0 Å². The van der Waals surface area contributed by atoms with Crippen molar-refractivity contribution in [2.45, 2.75) is 64.5 Å². The predicted octanol–water partition coefficient (Wildman–Crippen LogP) is 1.81. The van der Waals surface area contributed by atoms with Gasteiger partial charge in [0.2, 0.25) is 0 Å². The molecule has 1 aromatic heterocycles. The van der Waals surface area contributed by atoms with Gasteiger partial charge in [0.05, 0.1) is 12.6 Å². The van der Waals surface area contributed by atoms with Gasteiger partial charge in [0.1, 0.15) is 11.6 Å². The molecule has 0 amide bonds. The second kappa shape index (κ2) is 6.44. The van der Waals surface area contributed by atoms with Crippen molar-refractivity contribution in [3.63, 3.8) is 0 Å². The molecule has 0 spiro atoms. The van der Waals surface area contributed by atoms with E-state index in [9.17, 15) is 5.11 Å². The van der Waals surface area contributed by atoms with E-state index < -0.39 is 0 Å². The number of rotatable bonds is 4. The molecule has 2 aliphatic rings. The van der Waals surface area contributed by atoms with Crippen LogP contribution in [0.5, 0.6) is 0 Å². The Bertz CT molecular complexity index is 471. The molecule has 2 unspecified atom stereocenters. The molecule has 0 bridgehead atoms. The molecule has 1 N–H and O–H groups in total. The lowest BCUT2D eigenvalue weighted by Crippen LogP contribution is -2.40. The Morgan fingerprint density at radius 2 is 2.10 bits per heavy atom. The van der Waals surface area contributed by atoms with Gasteiger partial charge in [0, 0.05) is 25.4 Å². The SMILES string of the molecule is CC(C)N1CCCC(Cc2nnc3n2C(CO)CCC3)C1. The highest BCUT2D eigenvalue weighted by Crippen LogP contribution is 2.28. The lowest BCUT2D eigenvalue weighted by atomic mass is 9.93. The van der Waals surface area contributed by atoms with Crippen LogP contribution in [0.1, 0.15) is 57.2 Å². The molecule has 0 saturated carbocycles. The molecule has 1 fully saturated rings. The average Bonchev–Trinajstić information content (AvgIpc) is 2.91. The van der Waals surface area contributed by atoms with Gasteiger partial charge in [0.25, 0.3) is 0 Å². The highest BCUT2D eigenvalue weighted by atomic mass is 16.3. The molecular weight excluding hydrogens is 264 g/mol. The summed E-state index contributed by atoms with van der Waals surface area (Å²) < 4.78 is 2.23. The van der Waals surface area contributed by atoms with E-state index >= 15 is 0 Å². The second-order valence-electron chi connectivity index (χ2n) is 6.93. The Hall–Kier alpha value is -0.940. The van der Waals surface area contributed by atoms with Crippen LogP contribution in [0, 0.1) is 5.92 Å². The quantitative estimate of drug-likeness (QED) is 0.919. The fraction of sp³-hybridized carbons (Fsp3) is 0.875. The maximum absolute atomic E-state index is 9.62. The van der Waals surface area contributed by atoms with Gasteiger partial charge >= 0.3 is 0 Å². The topological polar surface area (TPSA) is 54.2 Å². The van der Waals surface area contributed by atoms with Gasteiger partial charge in [-0.25, -0.2) is 0 Å². The van der Waals surface area contributed by atoms with E-state index in [-0.39, 0.29) is 12.6 Å². The van der Waals surface area contributed by atoms with Crippen molar-refractivity contribution in [2.75, 3.05) is 19.7 Å². The number of aryl methyl sites for hydroxylation is 1. The van der Waals surface area contributed by atoms with Crippen molar-refractivity contribution in [1.29, 1.82) is 0 Å². The summed E-state index contributed by atoms with van der Waals surface area (Å²) in [5.74, 6) is 2.85. The zero-order valence-electron chi connectivity index (χ0n) is 13.3. The smallest absolute Gasteiger partial charge is 0.133 e. The number of fused-ring (bicyclic) bond motifs is 1. The van der Waals surface area contributed by atoms with E-state index in [1.54, 1.807) is 0 Å². The maximum atomic E-state index is 9.62. The lowest BCUT2D eigenvalue weighted by molar-refractivity contribution is 0.136. The number of hydrogen-bond acceptors (Lipinski definition) is 4. The fourth-order valence-electron chi connectivity index (χ4n) is 3.88. The molecule has 2 aliphatic heterocycles. The van der Waals surface area contributed by atoms with Gasteiger partial charge in [-0.3, -0.25) is 0 Å². The second-order valence-corrected chi connectivity index (χ2v) is 6.93. The van der Waals surface area contributed by atoms with E-state index in [1.807, 2.05) is 0 Å². The summed E-state index contributed by atoms with van der Waals surface area (Å²) in [4.78, 5) is 2.57. The Morgan fingerprint density at radius 1 is 1.24 bits per heavy atom. The number of aliphatic hydroxyl groups excluding tert-OH is 1. The van der Waals surface area contributed by atoms with Gasteiger partial charge in [-0.15, -0.1) is 10.2 Å². The molecule has 5 heteroatoms. The molecule has 1 aromatic rings. The minimum absolute atomic E-state index is 0.198. The summed E-state index contributed by atoms with van der Waals surface area (Å²) in [6.45, 7) is 7.17. The van der Waals surface area contributed by atoms with Crippen molar-refractivity contribution in [3.8, 4) is 0 Å². The summed E-state index contributed by atoms with van der Waals surface area (Å²) in [6.07, 6.45) is 6.76.